The molecule has 0 saturated heterocycles. The van der Waals surface area contributed by atoms with Gasteiger partial charge in [0.05, 0.1) is 12.2 Å². The van der Waals surface area contributed by atoms with Crippen molar-refractivity contribution < 1.29 is 9.53 Å². The molecule has 1 aliphatic rings. The summed E-state index contributed by atoms with van der Waals surface area (Å²) in [6.07, 6.45) is 3.44. The summed E-state index contributed by atoms with van der Waals surface area (Å²) in [5, 5.41) is 3.00. The average molecular weight is 324 g/mol. The van der Waals surface area contributed by atoms with Gasteiger partial charge in [0, 0.05) is 24.1 Å². The number of benzene rings is 1. The Morgan fingerprint density at radius 3 is 2.96 bits per heavy atom. The first kappa shape index (κ1) is 16.5. The molecule has 1 aliphatic heterocycles. The first-order valence-electron chi connectivity index (χ1n) is 8.57. The number of nitrogens with zero attached hydrogens (tertiary/aromatic N) is 1. The Balaban J connectivity index is 1.76. The van der Waals surface area contributed by atoms with Crippen molar-refractivity contribution in [1.82, 2.24) is 10.3 Å². The second-order valence-corrected chi connectivity index (χ2v) is 6.51. The number of carbonyl (C=O) groups excluding carboxylic acids is 1. The number of pyridine rings is 1. The molecule has 0 unspecified atom stereocenters. The smallest absolute Gasteiger partial charge is 0.222 e. The lowest BCUT2D eigenvalue weighted by molar-refractivity contribution is -0.124. The Bertz CT molecular complexity index is 728. The molecule has 0 fully saturated rings. The molecule has 1 N–H and O–H groups in total. The van der Waals surface area contributed by atoms with E-state index in [2.05, 4.69) is 29.4 Å². The Kier molecular flexibility index (Phi) is 4.84. The molecule has 1 aromatic carbocycles. The first-order chi connectivity index (χ1) is 11.6. The van der Waals surface area contributed by atoms with Gasteiger partial charge in [0.2, 0.25) is 5.91 Å². The van der Waals surface area contributed by atoms with Crippen molar-refractivity contribution in [2.45, 2.75) is 39.7 Å². The highest BCUT2D eigenvalue weighted by Crippen LogP contribution is 2.39. The molecule has 0 aliphatic carbocycles. The highest BCUT2D eigenvalue weighted by Gasteiger charge is 2.27. The van der Waals surface area contributed by atoms with Crippen molar-refractivity contribution in [3.8, 4) is 17.0 Å². The van der Waals surface area contributed by atoms with Crippen molar-refractivity contribution in [3.63, 3.8) is 0 Å². The minimum absolute atomic E-state index is 0.0164. The van der Waals surface area contributed by atoms with Crippen LogP contribution in [0.2, 0.25) is 0 Å². The fourth-order valence-electron chi connectivity index (χ4n) is 2.99. The summed E-state index contributed by atoms with van der Waals surface area (Å²) in [6.45, 7) is 6.60. The molecule has 2 atom stereocenters. The molecular weight excluding hydrogens is 300 g/mol. The molecule has 1 amide bonds. The maximum atomic E-state index is 12.0. The maximum Gasteiger partial charge on any atom is 0.222 e. The molecular formula is C20H24N2O2. The minimum Gasteiger partial charge on any atom is -0.487 e. The van der Waals surface area contributed by atoms with Gasteiger partial charge in [-0.25, -0.2) is 0 Å². The van der Waals surface area contributed by atoms with Gasteiger partial charge in [0.25, 0.3) is 0 Å². The number of aryl methyl sites for hydroxylation is 1. The van der Waals surface area contributed by atoms with Crippen LogP contribution in [0.25, 0.3) is 11.3 Å². The quantitative estimate of drug-likeness (QED) is 0.915. The summed E-state index contributed by atoms with van der Waals surface area (Å²) in [4.78, 5) is 16.4. The van der Waals surface area contributed by atoms with Crippen LogP contribution in [0.1, 0.15) is 31.4 Å². The monoisotopic (exact) mass is 324 g/mol. The van der Waals surface area contributed by atoms with Crippen molar-refractivity contribution in [1.29, 1.82) is 0 Å². The van der Waals surface area contributed by atoms with E-state index < -0.39 is 0 Å². The molecule has 126 valence electrons. The summed E-state index contributed by atoms with van der Waals surface area (Å²) in [6, 6.07) is 10.2. The van der Waals surface area contributed by atoms with E-state index in [0.29, 0.717) is 6.54 Å². The number of amides is 1. The molecule has 0 bridgehead atoms. The molecule has 2 aromatic rings. The zero-order chi connectivity index (χ0) is 17.1. The van der Waals surface area contributed by atoms with Crippen molar-refractivity contribution >= 4 is 5.91 Å². The van der Waals surface area contributed by atoms with E-state index in [1.54, 1.807) is 6.20 Å². The van der Waals surface area contributed by atoms with E-state index in [4.69, 9.17) is 4.74 Å². The first-order valence-corrected chi connectivity index (χ1v) is 8.57. The van der Waals surface area contributed by atoms with E-state index >= 15 is 0 Å². The van der Waals surface area contributed by atoms with Crippen LogP contribution >= 0.6 is 0 Å². The second kappa shape index (κ2) is 7.04. The van der Waals surface area contributed by atoms with Gasteiger partial charge in [-0.15, -0.1) is 0 Å². The minimum atomic E-state index is -0.0164. The number of carbonyl (C=O) groups is 1. The summed E-state index contributed by atoms with van der Waals surface area (Å²) >= 11 is 0. The number of fused-ring (bicyclic) bond motifs is 1. The number of ether oxygens (including phenoxy) is 1. The summed E-state index contributed by atoms with van der Waals surface area (Å²) in [5.74, 6) is 1.04. The van der Waals surface area contributed by atoms with Crippen molar-refractivity contribution in [2.24, 2.45) is 5.92 Å². The van der Waals surface area contributed by atoms with E-state index in [1.165, 1.54) is 11.1 Å². The predicted molar refractivity (Wildman–Crippen MR) is 95.0 cm³/mol. The molecule has 0 saturated carbocycles. The lowest BCUT2D eigenvalue weighted by Gasteiger charge is -2.15. The standard InChI is InChI=1S/C20H24N2O2/c1-4-14(3)20(23)22-12-16-11-15-9-13(2)10-17(19(15)24-16)18-7-5-6-8-21-18/h5-10,14,16H,4,11-12H2,1-3H3,(H,22,23)/t14-,16-/m1/s1. The highest BCUT2D eigenvalue weighted by molar-refractivity contribution is 5.78. The maximum absolute atomic E-state index is 12.0. The van der Waals surface area contributed by atoms with E-state index in [0.717, 1.165) is 29.8 Å². The van der Waals surface area contributed by atoms with Crippen LogP contribution in [0.4, 0.5) is 0 Å². The Labute approximate surface area is 143 Å². The average Bonchev–Trinajstić information content (AvgIpc) is 3.01. The fourth-order valence-corrected chi connectivity index (χ4v) is 2.99. The third kappa shape index (κ3) is 3.42. The second-order valence-electron chi connectivity index (χ2n) is 6.51. The molecule has 4 nitrogen and oxygen atoms in total. The van der Waals surface area contributed by atoms with Gasteiger partial charge in [0.15, 0.2) is 0 Å². The lowest BCUT2D eigenvalue weighted by atomic mass is 10.0. The molecule has 4 heteroatoms. The van der Waals surface area contributed by atoms with Crippen LogP contribution in [-0.4, -0.2) is 23.5 Å². The van der Waals surface area contributed by atoms with Gasteiger partial charge >= 0.3 is 0 Å². The molecule has 24 heavy (non-hydrogen) atoms. The van der Waals surface area contributed by atoms with E-state index in [9.17, 15) is 4.79 Å². The number of hydrogen-bond acceptors (Lipinski definition) is 3. The third-order valence-electron chi connectivity index (χ3n) is 4.55. The van der Waals surface area contributed by atoms with Gasteiger partial charge in [-0.2, -0.15) is 0 Å². The van der Waals surface area contributed by atoms with Gasteiger partial charge in [-0.3, -0.25) is 9.78 Å². The molecule has 3 rings (SSSR count). The normalized spacial score (nSPS) is 17.0. The highest BCUT2D eigenvalue weighted by atomic mass is 16.5. The number of rotatable bonds is 5. The molecule has 0 spiro atoms. The van der Waals surface area contributed by atoms with Gasteiger partial charge in [0.1, 0.15) is 11.9 Å². The topological polar surface area (TPSA) is 51.2 Å². The van der Waals surface area contributed by atoms with Crippen LogP contribution in [0, 0.1) is 12.8 Å². The van der Waals surface area contributed by atoms with Gasteiger partial charge in [-0.05, 0) is 42.7 Å². The summed E-state index contributed by atoms with van der Waals surface area (Å²) in [7, 11) is 0. The molecule has 2 heterocycles. The van der Waals surface area contributed by atoms with E-state index in [-0.39, 0.29) is 17.9 Å². The Morgan fingerprint density at radius 2 is 2.25 bits per heavy atom. The number of aromatic nitrogens is 1. The molecule has 0 radical (unpaired) electrons. The SMILES string of the molecule is CC[C@@H](C)C(=O)NC[C@H]1Cc2cc(C)cc(-c3ccccn3)c2O1. The van der Waals surface area contributed by atoms with Crippen LogP contribution in [0.3, 0.4) is 0 Å². The largest absolute Gasteiger partial charge is 0.487 e. The fraction of sp³-hybridized carbons (Fsp3) is 0.400. The van der Waals surface area contributed by atoms with Crippen molar-refractivity contribution in [2.75, 3.05) is 6.54 Å². The Morgan fingerprint density at radius 1 is 1.42 bits per heavy atom. The van der Waals surface area contributed by atoms with Crippen molar-refractivity contribution in [3.05, 3.63) is 47.7 Å². The van der Waals surface area contributed by atoms with Crippen LogP contribution in [0.5, 0.6) is 5.75 Å². The zero-order valence-electron chi connectivity index (χ0n) is 14.5. The number of nitrogens with one attached hydrogen (secondary N) is 1. The van der Waals surface area contributed by atoms with Crippen LogP contribution in [0.15, 0.2) is 36.5 Å². The number of hydrogen-bond donors (Lipinski definition) is 1. The predicted octanol–water partition coefficient (Wildman–Crippen LogP) is 3.52. The van der Waals surface area contributed by atoms with Crippen LogP contribution < -0.4 is 10.1 Å². The Hall–Kier alpha value is -2.36. The van der Waals surface area contributed by atoms with Crippen LogP contribution in [-0.2, 0) is 11.2 Å². The lowest BCUT2D eigenvalue weighted by Crippen LogP contribution is -2.37. The summed E-state index contributed by atoms with van der Waals surface area (Å²) < 4.78 is 6.16. The molecule has 1 aromatic heterocycles. The third-order valence-corrected chi connectivity index (χ3v) is 4.55. The van der Waals surface area contributed by atoms with E-state index in [1.807, 2.05) is 32.0 Å². The van der Waals surface area contributed by atoms with Gasteiger partial charge < -0.3 is 10.1 Å². The summed E-state index contributed by atoms with van der Waals surface area (Å²) in [5.41, 5.74) is 4.34. The zero-order valence-corrected chi connectivity index (χ0v) is 14.5. The van der Waals surface area contributed by atoms with Gasteiger partial charge in [-0.1, -0.05) is 26.0 Å².